The number of para-hydroxylation sites is 1. The monoisotopic (exact) mass is 303 g/mol. The second-order valence-electron chi connectivity index (χ2n) is 5.15. The van der Waals surface area contributed by atoms with Gasteiger partial charge >= 0.3 is 5.97 Å². The summed E-state index contributed by atoms with van der Waals surface area (Å²) in [6.07, 6.45) is 3.44. The highest BCUT2D eigenvalue weighted by atomic mass is 16.5. The van der Waals surface area contributed by atoms with E-state index in [1.807, 2.05) is 38.1 Å². The summed E-state index contributed by atoms with van der Waals surface area (Å²) in [5.41, 5.74) is 1.25. The molecule has 0 aromatic heterocycles. The topological polar surface area (TPSA) is 64.6 Å². The first kappa shape index (κ1) is 16.1. The van der Waals surface area contributed by atoms with Crippen LogP contribution in [-0.4, -0.2) is 31.1 Å². The Hall–Kier alpha value is -2.30. The molecule has 1 aliphatic rings. The number of amides is 1. The molecule has 22 heavy (non-hydrogen) atoms. The standard InChI is InChI=1S/C17H21NO4/c1-3-14(4-2)18-16(19)11-22-17(20)13-9-12-7-5-6-8-15(12)21-10-13/h5-9,14H,3-4,10-11H2,1-2H3,(H,18,19). The van der Waals surface area contributed by atoms with Crippen LogP contribution in [-0.2, 0) is 14.3 Å². The maximum Gasteiger partial charge on any atom is 0.338 e. The van der Waals surface area contributed by atoms with Gasteiger partial charge in [0, 0.05) is 11.6 Å². The molecular formula is C17H21NO4. The average molecular weight is 303 g/mol. The zero-order chi connectivity index (χ0) is 15.9. The zero-order valence-electron chi connectivity index (χ0n) is 12.9. The molecule has 0 saturated heterocycles. The maximum absolute atomic E-state index is 12.0. The van der Waals surface area contributed by atoms with Gasteiger partial charge in [-0.1, -0.05) is 32.0 Å². The van der Waals surface area contributed by atoms with Gasteiger partial charge in [-0.2, -0.15) is 0 Å². The van der Waals surface area contributed by atoms with E-state index in [4.69, 9.17) is 9.47 Å². The van der Waals surface area contributed by atoms with Crippen molar-refractivity contribution in [1.82, 2.24) is 5.32 Å². The maximum atomic E-state index is 12.0. The molecule has 1 aromatic rings. The third kappa shape index (κ3) is 4.10. The molecule has 0 atom stereocenters. The smallest absolute Gasteiger partial charge is 0.338 e. The van der Waals surface area contributed by atoms with Crippen molar-refractivity contribution in [3.8, 4) is 5.75 Å². The first-order valence-corrected chi connectivity index (χ1v) is 7.53. The Kier molecular flexibility index (Phi) is 5.58. The Morgan fingerprint density at radius 2 is 2.00 bits per heavy atom. The lowest BCUT2D eigenvalue weighted by Crippen LogP contribution is -2.37. The fourth-order valence-electron chi connectivity index (χ4n) is 2.22. The Bertz CT molecular complexity index is 576. The number of hydrogen-bond donors (Lipinski definition) is 1. The first-order valence-electron chi connectivity index (χ1n) is 7.53. The predicted octanol–water partition coefficient (Wildman–Crippen LogP) is 2.31. The molecule has 0 bridgehead atoms. The second kappa shape index (κ2) is 7.64. The van der Waals surface area contributed by atoms with Gasteiger partial charge in [0.1, 0.15) is 12.4 Å². The first-order chi connectivity index (χ1) is 10.6. The molecule has 1 heterocycles. The van der Waals surface area contributed by atoms with Crippen molar-refractivity contribution >= 4 is 18.0 Å². The van der Waals surface area contributed by atoms with E-state index >= 15 is 0 Å². The number of ether oxygens (including phenoxy) is 2. The molecule has 1 amide bonds. The lowest BCUT2D eigenvalue weighted by Gasteiger charge is -2.17. The van der Waals surface area contributed by atoms with Gasteiger partial charge in [-0.15, -0.1) is 0 Å². The average Bonchev–Trinajstić information content (AvgIpc) is 2.57. The summed E-state index contributed by atoms with van der Waals surface area (Å²) in [6.45, 7) is 3.89. The van der Waals surface area contributed by atoms with Gasteiger partial charge in [0.05, 0.1) is 5.57 Å². The van der Waals surface area contributed by atoms with Crippen molar-refractivity contribution < 1.29 is 19.1 Å². The second-order valence-corrected chi connectivity index (χ2v) is 5.15. The van der Waals surface area contributed by atoms with Crippen LogP contribution in [0, 0.1) is 0 Å². The van der Waals surface area contributed by atoms with Gasteiger partial charge in [0.25, 0.3) is 5.91 Å². The molecule has 0 aliphatic carbocycles. The molecule has 0 spiro atoms. The molecule has 1 aliphatic heterocycles. The van der Waals surface area contributed by atoms with Crippen molar-refractivity contribution in [2.24, 2.45) is 0 Å². The van der Waals surface area contributed by atoms with Gasteiger partial charge in [-0.25, -0.2) is 4.79 Å². The fraction of sp³-hybridized carbons (Fsp3) is 0.412. The Balaban J connectivity index is 1.88. The highest BCUT2D eigenvalue weighted by Crippen LogP contribution is 2.25. The molecule has 5 nitrogen and oxygen atoms in total. The van der Waals surface area contributed by atoms with Crippen LogP contribution in [0.4, 0.5) is 0 Å². The van der Waals surface area contributed by atoms with E-state index in [1.54, 1.807) is 6.08 Å². The van der Waals surface area contributed by atoms with Crippen molar-refractivity contribution in [2.45, 2.75) is 32.7 Å². The van der Waals surface area contributed by atoms with E-state index in [9.17, 15) is 9.59 Å². The minimum atomic E-state index is -0.519. The summed E-state index contributed by atoms with van der Waals surface area (Å²) >= 11 is 0. The summed E-state index contributed by atoms with van der Waals surface area (Å²) in [5, 5.41) is 2.82. The number of esters is 1. The quantitative estimate of drug-likeness (QED) is 0.819. The summed E-state index contributed by atoms with van der Waals surface area (Å²) in [4.78, 5) is 23.7. The summed E-state index contributed by atoms with van der Waals surface area (Å²) in [6, 6.07) is 7.57. The van der Waals surface area contributed by atoms with Crippen LogP contribution >= 0.6 is 0 Å². The molecular weight excluding hydrogens is 282 g/mol. The molecule has 1 N–H and O–H groups in total. The van der Waals surface area contributed by atoms with Crippen LogP contribution in [0.5, 0.6) is 5.75 Å². The lowest BCUT2D eigenvalue weighted by atomic mass is 10.1. The van der Waals surface area contributed by atoms with E-state index in [-0.39, 0.29) is 25.2 Å². The minimum absolute atomic E-state index is 0.121. The van der Waals surface area contributed by atoms with Gasteiger partial charge in [0.15, 0.2) is 6.61 Å². The van der Waals surface area contributed by atoms with Gasteiger partial charge in [0.2, 0.25) is 0 Å². The molecule has 5 heteroatoms. The zero-order valence-corrected chi connectivity index (χ0v) is 12.9. The van der Waals surface area contributed by atoms with Gasteiger partial charge < -0.3 is 14.8 Å². The van der Waals surface area contributed by atoms with E-state index in [0.717, 1.165) is 24.2 Å². The highest BCUT2D eigenvalue weighted by Gasteiger charge is 2.19. The molecule has 0 unspecified atom stereocenters. The normalized spacial score (nSPS) is 13.0. The molecule has 0 fully saturated rings. The predicted molar refractivity (Wildman–Crippen MR) is 83.4 cm³/mol. The van der Waals surface area contributed by atoms with E-state index in [1.165, 1.54) is 0 Å². The molecule has 118 valence electrons. The van der Waals surface area contributed by atoms with E-state index in [2.05, 4.69) is 5.32 Å². The third-order valence-corrected chi connectivity index (χ3v) is 3.58. The number of hydrogen-bond acceptors (Lipinski definition) is 4. The number of nitrogens with one attached hydrogen (secondary N) is 1. The van der Waals surface area contributed by atoms with Gasteiger partial charge in [-0.05, 0) is 25.0 Å². The summed E-state index contributed by atoms with van der Waals surface area (Å²) in [5.74, 6) is -0.0560. The van der Waals surface area contributed by atoms with E-state index in [0.29, 0.717) is 5.57 Å². The molecule has 0 radical (unpaired) electrons. The number of fused-ring (bicyclic) bond motifs is 1. The minimum Gasteiger partial charge on any atom is -0.488 e. The molecule has 2 rings (SSSR count). The largest absolute Gasteiger partial charge is 0.488 e. The van der Waals surface area contributed by atoms with Crippen molar-refractivity contribution in [3.63, 3.8) is 0 Å². The van der Waals surface area contributed by atoms with Crippen molar-refractivity contribution in [3.05, 3.63) is 35.4 Å². The third-order valence-electron chi connectivity index (χ3n) is 3.58. The fourth-order valence-corrected chi connectivity index (χ4v) is 2.22. The number of benzene rings is 1. The number of rotatable bonds is 6. The van der Waals surface area contributed by atoms with Crippen LogP contribution in [0.3, 0.4) is 0 Å². The Morgan fingerprint density at radius 1 is 1.27 bits per heavy atom. The van der Waals surface area contributed by atoms with Crippen LogP contribution in [0.15, 0.2) is 29.8 Å². The molecule has 1 aromatic carbocycles. The number of carbonyl (C=O) groups is 2. The highest BCUT2D eigenvalue weighted by molar-refractivity contribution is 5.96. The van der Waals surface area contributed by atoms with E-state index < -0.39 is 5.97 Å². The Morgan fingerprint density at radius 3 is 2.73 bits per heavy atom. The summed E-state index contributed by atoms with van der Waals surface area (Å²) < 4.78 is 10.5. The van der Waals surface area contributed by atoms with Crippen LogP contribution in [0.25, 0.3) is 6.08 Å². The summed E-state index contributed by atoms with van der Waals surface area (Å²) in [7, 11) is 0. The lowest BCUT2D eigenvalue weighted by molar-refractivity contribution is -0.145. The van der Waals surface area contributed by atoms with Crippen LogP contribution in [0.1, 0.15) is 32.3 Å². The SMILES string of the molecule is CCC(CC)NC(=O)COC(=O)C1=Cc2ccccc2OC1. The van der Waals surface area contributed by atoms with Crippen LogP contribution in [0.2, 0.25) is 0 Å². The van der Waals surface area contributed by atoms with Crippen molar-refractivity contribution in [2.75, 3.05) is 13.2 Å². The number of carbonyl (C=O) groups excluding carboxylic acids is 2. The Labute approximate surface area is 130 Å². The van der Waals surface area contributed by atoms with Crippen LogP contribution < -0.4 is 10.1 Å². The van der Waals surface area contributed by atoms with Crippen molar-refractivity contribution in [1.29, 1.82) is 0 Å². The van der Waals surface area contributed by atoms with Gasteiger partial charge in [-0.3, -0.25) is 4.79 Å². The molecule has 0 saturated carbocycles.